The molecule has 3 rings (SSSR count). The molecule has 0 radical (unpaired) electrons. The third-order valence-corrected chi connectivity index (χ3v) is 5.23. The van der Waals surface area contributed by atoms with Crippen LogP contribution in [0.2, 0.25) is 0 Å². The summed E-state index contributed by atoms with van der Waals surface area (Å²) in [6.45, 7) is 11.0. The maximum atomic E-state index is 4.73. The Morgan fingerprint density at radius 2 is 1.86 bits per heavy atom. The Kier molecular flexibility index (Phi) is 7.29. The molecule has 2 heterocycles. The van der Waals surface area contributed by atoms with E-state index in [4.69, 9.17) is 4.99 Å². The predicted octanol–water partition coefficient (Wildman–Crippen LogP) is 3.85. The minimum atomic E-state index is 0.422. The van der Waals surface area contributed by atoms with Crippen LogP contribution in [0.5, 0.6) is 0 Å². The molecule has 0 bridgehead atoms. The molecule has 0 saturated carbocycles. The Bertz CT molecular complexity index is 746. The Labute approximate surface area is 169 Å². The van der Waals surface area contributed by atoms with Crippen LogP contribution in [0.4, 0.5) is 5.82 Å². The first-order valence-corrected chi connectivity index (χ1v) is 10.4. The third-order valence-electron chi connectivity index (χ3n) is 5.23. The molecule has 0 aliphatic carbocycles. The van der Waals surface area contributed by atoms with Crippen molar-refractivity contribution in [1.82, 2.24) is 15.6 Å². The molecular weight excluding hydrogens is 346 g/mol. The molecule has 5 heteroatoms. The van der Waals surface area contributed by atoms with E-state index in [2.05, 4.69) is 77.7 Å². The molecule has 2 N–H and O–H groups in total. The van der Waals surface area contributed by atoms with Crippen molar-refractivity contribution in [3.05, 3.63) is 59.3 Å². The van der Waals surface area contributed by atoms with Gasteiger partial charge in [0.1, 0.15) is 5.82 Å². The largest absolute Gasteiger partial charge is 0.357 e. The second-order valence-corrected chi connectivity index (χ2v) is 7.61. The molecule has 1 aliphatic heterocycles. The highest BCUT2D eigenvalue weighted by Gasteiger charge is 2.13. The number of aromatic nitrogens is 1. The van der Waals surface area contributed by atoms with Crippen molar-refractivity contribution >= 4 is 11.8 Å². The van der Waals surface area contributed by atoms with Crippen molar-refractivity contribution in [3.63, 3.8) is 0 Å². The van der Waals surface area contributed by atoms with E-state index in [-0.39, 0.29) is 0 Å². The van der Waals surface area contributed by atoms with Crippen molar-refractivity contribution in [3.8, 4) is 0 Å². The molecule has 1 unspecified atom stereocenters. The summed E-state index contributed by atoms with van der Waals surface area (Å²) in [5.41, 5.74) is 3.77. The van der Waals surface area contributed by atoms with E-state index in [9.17, 15) is 0 Å². The van der Waals surface area contributed by atoms with Gasteiger partial charge in [-0.15, -0.1) is 0 Å². The first-order valence-electron chi connectivity index (χ1n) is 10.4. The van der Waals surface area contributed by atoms with Crippen LogP contribution in [-0.4, -0.2) is 37.1 Å². The third kappa shape index (κ3) is 5.72. The van der Waals surface area contributed by atoms with Gasteiger partial charge in [-0.05, 0) is 49.8 Å². The first kappa shape index (κ1) is 20.2. The number of pyridine rings is 1. The molecule has 1 aliphatic rings. The Balaban J connectivity index is 1.55. The number of aliphatic imine (C=N–C) groups is 1. The second-order valence-electron chi connectivity index (χ2n) is 7.61. The van der Waals surface area contributed by atoms with Crippen molar-refractivity contribution in [2.75, 3.05) is 31.1 Å². The summed E-state index contributed by atoms with van der Waals surface area (Å²) in [5, 5.41) is 6.81. The molecule has 5 nitrogen and oxygen atoms in total. The first-order chi connectivity index (χ1) is 13.7. The lowest BCUT2D eigenvalue weighted by molar-refractivity contribution is 0.699. The van der Waals surface area contributed by atoms with Gasteiger partial charge in [-0.1, -0.05) is 42.8 Å². The van der Waals surface area contributed by atoms with Crippen molar-refractivity contribution in [2.45, 2.75) is 46.1 Å². The number of hydrogen-bond acceptors (Lipinski definition) is 3. The highest BCUT2D eigenvalue weighted by atomic mass is 15.2. The fourth-order valence-electron chi connectivity index (χ4n) is 3.42. The smallest absolute Gasteiger partial charge is 0.191 e. The van der Waals surface area contributed by atoms with Crippen molar-refractivity contribution in [1.29, 1.82) is 0 Å². The minimum absolute atomic E-state index is 0.422. The average Bonchev–Trinajstić information content (AvgIpc) is 3.25. The van der Waals surface area contributed by atoms with E-state index in [0.29, 0.717) is 12.5 Å². The van der Waals surface area contributed by atoms with Gasteiger partial charge < -0.3 is 15.5 Å². The summed E-state index contributed by atoms with van der Waals surface area (Å²) in [4.78, 5) is 11.7. The maximum absolute atomic E-state index is 4.73. The predicted molar refractivity (Wildman–Crippen MR) is 118 cm³/mol. The van der Waals surface area contributed by atoms with Gasteiger partial charge in [-0.25, -0.2) is 9.98 Å². The molecule has 1 aromatic heterocycles. The molecule has 1 atom stereocenters. The number of nitrogens with one attached hydrogen (secondary N) is 2. The summed E-state index contributed by atoms with van der Waals surface area (Å²) < 4.78 is 0. The van der Waals surface area contributed by atoms with E-state index in [0.717, 1.165) is 43.5 Å². The highest BCUT2D eigenvalue weighted by molar-refractivity contribution is 5.79. The number of aryl methyl sites for hydroxylation is 1. The molecule has 0 amide bonds. The van der Waals surface area contributed by atoms with Crippen LogP contribution >= 0.6 is 0 Å². The average molecular weight is 380 g/mol. The van der Waals surface area contributed by atoms with Crippen LogP contribution in [0.15, 0.2) is 47.6 Å². The Morgan fingerprint density at radius 3 is 2.50 bits per heavy atom. The zero-order valence-corrected chi connectivity index (χ0v) is 17.4. The van der Waals surface area contributed by atoms with Crippen LogP contribution in [0.25, 0.3) is 0 Å². The Morgan fingerprint density at radius 1 is 1.11 bits per heavy atom. The molecule has 1 aromatic carbocycles. The molecule has 0 spiro atoms. The number of guanidine groups is 1. The van der Waals surface area contributed by atoms with Crippen LogP contribution < -0.4 is 15.5 Å². The molecule has 150 valence electrons. The highest BCUT2D eigenvalue weighted by Crippen LogP contribution is 2.18. The van der Waals surface area contributed by atoms with Gasteiger partial charge >= 0.3 is 0 Å². The van der Waals surface area contributed by atoms with E-state index in [1.165, 1.54) is 24.0 Å². The topological polar surface area (TPSA) is 52.6 Å². The zero-order chi connectivity index (χ0) is 19.8. The van der Waals surface area contributed by atoms with Gasteiger partial charge in [-0.2, -0.15) is 0 Å². The van der Waals surface area contributed by atoms with Gasteiger partial charge in [0.2, 0.25) is 0 Å². The fraction of sp³-hybridized carbons (Fsp3) is 0.478. The molecule has 2 aromatic rings. The van der Waals surface area contributed by atoms with Gasteiger partial charge in [0.05, 0.1) is 6.54 Å². The lowest BCUT2D eigenvalue weighted by atomic mass is 10.0. The number of benzene rings is 1. The van der Waals surface area contributed by atoms with Crippen molar-refractivity contribution < 1.29 is 0 Å². The molecular formula is C23H33N5. The maximum Gasteiger partial charge on any atom is 0.191 e. The Hall–Kier alpha value is -2.56. The van der Waals surface area contributed by atoms with E-state index >= 15 is 0 Å². The monoisotopic (exact) mass is 379 g/mol. The number of rotatable bonds is 7. The summed E-state index contributed by atoms with van der Waals surface area (Å²) in [6.07, 6.45) is 4.49. The van der Waals surface area contributed by atoms with E-state index < -0.39 is 0 Å². The van der Waals surface area contributed by atoms with Gasteiger partial charge in [0.15, 0.2) is 5.96 Å². The summed E-state index contributed by atoms with van der Waals surface area (Å²) in [5.74, 6) is 2.36. The standard InChI is InChI=1S/C23H33N5/c1-4-24-23(26-15-19(3)21-10-7-18(2)8-11-21)27-17-20-9-12-22(25-16-20)28-13-5-6-14-28/h7-12,16,19H,4-6,13-15,17H2,1-3H3,(H2,24,26,27). The lowest BCUT2D eigenvalue weighted by Crippen LogP contribution is -2.39. The van der Waals surface area contributed by atoms with Crippen LogP contribution in [0.3, 0.4) is 0 Å². The lowest BCUT2D eigenvalue weighted by Gasteiger charge is -2.17. The van der Waals surface area contributed by atoms with Gasteiger partial charge in [0, 0.05) is 32.4 Å². The number of anilines is 1. The summed E-state index contributed by atoms with van der Waals surface area (Å²) >= 11 is 0. The minimum Gasteiger partial charge on any atom is -0.357 e. The quantitative estimate of drug-likeness (QED) is 0.567. The molecule has 1 fully saturated rings. The summed E-state index contributed by atoms with van der Waals surface area (Å²) in [6, 6.07) is 13.0. The van der Waals surface area contributed by atoms with Gasteiger partial charge in [-0.3, -0.25) is 0 Å². The van der Waals surface area contributed by atoms with E-state index in [1.54, 1.807) is 0 Å². The second kappa shape index (κ2) is 10.1. The fourth-order valence-corrected chi connectivity index (χ4v) is 3.42. The van der Waals surface area contributed by atoms with Crippen LogP contribution in [0, 0.1) is 6.92 Å². The summed E-state index contributed by atoms with van der Waals surface area (Å²) in [7, 11) is 0. The van der Waals surface area contributed by atoms with E-state index in [1.807, 2.05) is 6.20 Å². The normalized spacial score (nSPS) is 15.5. The zero-order valence-electron chi connectivity index (χ0n) is 17.4. The SMILES string of the molecule is CCNC(=NCc1ccc(N2CCCC2)nc1)NCC(C)c1ccc(C)cc1. The van der Waals surface area contributed by atoms with Crippen LogP contribution in [-0.2, 0) is 6.54 Å². The van der Waals surface area contributed by atoms with Gasteiger partial charge in [0.25, 0.3) is 0 Å². The molecule has 1 saturated heterocycles. The van der Waals surface area contributed by atoms with Crippen molar-refractivity contribution in [2.24, 2.45) is 4.99 Å². The van der Waals surface area contributed by atoms with Crippen LogP contribution in [0.1, 0.15) is 49.3 Å². The molecule has 28 heavy (non-hydrogen) atoms. The number of hydrogen-bond donors (Lipinski definition) is 2. The number of nitrogens with zero attached hydrogens (tertiary/aromatic N) is 3.